The van der Waals surface area contributed by atoms with Gasteiger partial charge in [0.2, 0.25) is 0 Å². The van der Waals surface area contributed by atoms with E-state index in [4.69, 9.17) is 23.2 Å². The molecule has 0 saturated carbocycles. The summed E-state index contributed by atoms with van der Waals surface area (Å²) in [5.74, 6) is 2.02. The van der Waals surface area contributed by atoms with E-state index in [1.165, 1.54) is 5.75 Å². The van der Waals surface area contributed by atoms with E-state index in [0.29, 0.717) is 6.04 Å². The van der Waals surface area contributed by atoms with Crippen LogP contribution < -0.4 is 10.1 Å². The van der Waals surface area contributed by atoms with Crippen LogP contribution in [0.5, 0.6) is 5.75 Å². The summed E-state index contributed by atoms with van der Waals surface area (Å²) in [4.78, 5) is 0. The Morgan fingerprint density at radius 2 is 2.00 bits per heavy atom. The van der Waals surface area contributed by atoms with Crippen molar-refractivity contribution in [3.05, 3.63) is 22.2 Å². The molecule has 0 amide bonds. The summed E-state index contributed by atoms with van der Waals surface area (Å²) < 4.78 is 28.7. The first kappa shape index (κ1) is 15.0. The lowest BCUT2D eigenvalue weighted by Gasteiger charge is -2.24. The van der Waals surface area contributed by atoms with E-state index >= 15 is 0 Å². The van der Waals surface area contributed by atoms with Crippen molar-refractivity contribution >= 4 is 40.7 Å². The molecule has 1 unspecified atom stereocenters. The number of ether oxygens (including phenoxy) is 1. The zero-order valence-corrected chi connectivity index (χ0v) is 12.3. The van der Waals surface area contributed by atoms with Crippen molar-refractivity contribution in [3.63, 3.8) is 0 Å². The molecule has 1 aromatic carbocycles. The molecule has 2 rings (SSSR count). The lowest BCUT2D eigenvalue weighted by atomic mass is 10.1. The smallest absolute Gasteiger partial charge is 0.387 e. The normalized spacial score (nSPS) is 19.5. The highest BCUT2D eigenvalue weighted by molar-refractivity contribution is 7.99. The van der Waals surface area contributed by atoms with E-state index in [1.807, 2.05) is 11.8 Å². The van der Waals surface area contributed by atoms with Gasteiger partial charge in [-0.1, -0.05) is 23.2 Å². The van der Waals surface area contributed by atoms with E-state index < -0.39 is 6.61 Å². The van der Waals surface area contributed by atoms with Crippen molar-refractivity contribution in [3.8, 4) is 5.75 Å². The van der Waals surface area contributed by atoms with Gasteiger partial charge in [0.15, 0.2) is 5.75 Å². The van der Waals surface area contributed by atoms with Gasteiger partial charge in [0, 0.05) is 17.5 Å². The third-order valence-electron chi connectivity index (χ3n) is 2.74. The monoisotopic (exact) mass is 327 g/mol. The summed E-state index contributed by atoms with van der Waals surface area (Å²) in [6, 6.07) is 3.47. The molecular weight excluding hydrogens is 315 g/mol. The molecular formula is C12H13Cl2F2NOS. The van der Waals surface area contributed by atoms with Crippen LogP contribution in [-0.4, -0.2) is 24.2 Å². The first-order valence-corrected chi connectivity index (χ1v) is 7.75. The lowest BCUT2D eigenvalue weighted by Crippen LogP contribution is -2.25. The first-order valence-electron chi connectivity index (χ1n) is 5.84. The molecule has 19 heavy (non-hydrogen) atoms. The van der Waals surface area contributed by atoms with Gasteiger partial charge in [-0.25, -0.2) is 0 Å². The third-order valence-corrected chi connectivity index (χ3v) is 4.51. The molecule has 1 saturated heterocycles. The molecule has 2 nitrogen and oxygen atoms in total. The van der Waals surface area contributed by atoms with E-state index in [0.717, 1.165) is 24.3 Å². The fourth-order valence-corrected chi connectivity index (χ4v) is 3.58. The van der Waals surface area contributed by atoms with Gasteiger partial charge < -0.3 is 10.1 Å². The topological polar surface area (TPSA) is 21.3 Å². The van der Waals surface area contributed by atoms with Crippen LogP contribution in [0.1, 0.15) is 12.8 Å². The fraction of sp³-hybridized carbons (Fsp3) is 0.500. The molecule has 1 N–H and O–H groups in total. The SMILES string of the molecule is FC(F)Oc1c(Cl)cc(NC2CCCSC2)cc1Cl. The van der Waals surface area contributed by atoms with Crippen LogP contribution in [-0.2, 0) is 0 Å². The number of nitrogens with one attached hydrogen (secondary N) is 1. The molecule has 1 heterocycles. The zero-order chi connectivity index (χ0) is 13.8. The van der Waals surface area contributed by atoms with Gasteiger partial charge >= 0.3 is 6.61 Å². The van der Waals surface area contributed by atoms with E-state index in [9.17, 15) is 8.78 Å². The maximum atomic E-state index is 12.2. The van der Waals surface area contributed by atoms with Gasteiger partial charge in [0.1, 0.15) is 0 Å². The molecule has 0 aromatic heterocycles. The first-order chi connectivity index (χ1) is 9.06. The van der Waals surface area contributed by atoms with Crippen LogP contribution >= 0.6 is 35.0 Å². The second kappa shape index (κ2) is 6.86. The third kappa shape index (κ3) is 4.29. The molecule has 0 aliphatic carbocycles. The molecule has 1 aliphatic heterocycles. The quantitative estimate of drug-likeness (QED) is 0.849. The maximum Gasteiger partial charge on any atom is 0.387 e. The Bertz CT molecular complexity index is 419. The summed E-state index contributed by atoms with van der Waals surface area (Å²) in [7, 11) is 0. The molecule has 1 aliphatic rings. The summed E-state index contributed by atoms with van der Waals surface area (Å²) in [5.41, 5.74) is 0.726. The molecule has 106 valence electrons. The average Bonchev–Trinajstić information content (AvgIpc) is 2.35. The van der Waals surface area contributed by atoms with Gasteiger partial charge in [-0.05, 0) is 30.7 Å². The predicted molar refractivity (Wildman–Crippen MR) is 77.1 cm³/mol. The van der Waals surface area contributed by atoms with Crippen molar-refractivity contribution in [2.24, 2.45) is 0 Å². The number of thioether (sulfide) groups is 1. The minimum absolute atomic E-state index is 0.0822. The second-order valence-corrected chi connectivity index (χ2v) is 6.17. The molecule has 1 aromatic rings. The number of anilines is 1. The Labute approximate surface area is 124 Å². The van der Waals surface area contributed by atoms with Crippen molar-refractivity contribution < 1.29 is 13.5 Å². The summed E-state index contributed by atoms with van der Waals surface area (Å²) in [6.45, 7) is -2.94. The van der Waals surface area contributed by atoms with Crippen LogP contribution in [0.3, 0.4) is 0 Å². The second-order valence-electron chi connectivity index (χ2n) is 4.21. The Morgan fingerprint density at radius 3 is 2.53 bits per heavy atom. The number of rotatable bonds is 4. The molecule has 0 radical (unpaired) electrons. The minimum atomic E-state index is -2.94. The highest BCUT2D eigenvalue weighted by atomic mass is 35.5. The highest BCUT2D eigenvalue weighted by Crippen LogP contribution is 2.37. The number of alkyl halides is 2. The fourth-order valence-electron chi connectivity index (χ4n) is 1.94. The molecule has 7 heteroatoms. The lowest BCUT2D eigenvalue weighted by molar-refractivity contribution is -0.0497. The van der Waals surface area contributed by atoms with Gasteiger partial charge in [0.05, 0.1) is 10.0 Å². The standard InChI is InChI=1S/C12H13Cl2F2NOS/c13-9-4-8(17-7-2-1-3-19-6-7)5-10(14)11(9)18-12(15)16/h4-5,7,12,17H,1-3,6H2. The van der Waals surface area contributed by atoms with Crippen molar-refractivity contribution in [2.45, 2.75) is 25.5 Å². The molecule has 1 atom stereocenters. The van der Waals surface area contributed by atoms with E-state index in [2.05, 4.69) is 10.1 Å². The molecule has 0 spiro atoms. The number of benzene rings is 1. The maximum absolute atomic E-state index is 12.2. The van der Waals surface area contributed by atoms with Crippen LogP contribution in [0.2, 0.25) is 10.0 Å². The van der Waals surface area contributed by atoms with E-state index in [1.54, 1.807) is 12.1 Å². The van der Waals surface area contributed by atoms with Crippen molar-refractivity contribution in [2.75, 3.05) is 16.8 Å². The highest BCUT2D eigenvalue weighted by Gasteiger charge is 2.17. The summed E-state index contributed by atoms with van der Waals surface area (Å²) in [6.07, 6.45) is 2.24. The number of hydrogen-bond acceptors (Lipinski definition) is 3. The van der Waals surface area contributed by atoms with E-state index in [-0.39, 0.29) is 15.8 Å². The van der Waals surface area contributed by atoms with Crippen molar-refractivity contribution in [1.29, 1.82) is 0 Å². The Morgan fingerprint density at radius 1 is 1.32 bits per heavy atom. The average molecular weight is 328 g/mol. The van der Waals surface area contributed by atoms with Crippen molar-refractivity contribution in [1.82, 2.24) is 0 Å². The van der Waals surface area contributed by atoms with Crippen LogP contribution in [0.15, 0.2) is 12.1 Å². The van der Waals surface area contributed by atoms with Gasteiger partial charge in [0.25, 0.3) is 0 Å². The predicted octanol–water partition coefficient (Wildman–Crippen LogP) is 4.90. The van der Waals surface area contributed by atoms with Gasteiger partial charge in [-0.15, -0.1) is 0 Å². The zero-order valence-electron chi connectivity index (χ0n) is 9.97. The van der Waals surface area contributed by atoms with Gasteiger partial charge in [-0.2, -0.15) is 20.5 Å². The Kier molecular flexibility index (Phi) is 5.42. The Hall–Kier alpha value is -0.390. The minimum Gasteiger partial charge on any atom is -0.432 e. The summed E-state index contributed by atoms with van der Waals surface area (Å²) >= 11 is 13.7. The van der Waals surface area contributed by atoms with Crippen LogP contribution in [0.4, 0.5) is 14.5 Å². The van der Waals surface area contributed by atoms with Gasteiger partial charge in [-0.3, -0.25) is 0 Å². The largest absolute Gasteiger partial charge is 0.432 e. The number of halogens is 4. The summed E-state index contributed by atoms with van der Waals surface area (Å²) in [5, 5.41) is 3.47. The molecule has 1 fully saturated rings. The number of hydrogen-bond donors (Lipinski definition) is 1. The molecule has 0 bridgehead atoms. The Balaban J connectivity index is 2.10. The van der Waals surface area contributed by atoms with Crippen LogP contribution in [0.25, 0.3) is 0 Å². The van der Waals surface area contributed by atoms with Crippen LogP contribution in [0, 0.1) is 0 Å².